The molecule has 1 aliphatic rings. The van der Waals surface area contributed by atoms with E-state index in [1.165, 1.54) is 24.4 Å². The van der Waals surface area contributed by atoms with Crippen LogP contribution in [0, 0.1) is 5.82 Å². The van der Waals surface area contributed by atoms with E-state index in [2.05, 4.69) is 10.1 Å². The first-order valence-corrected chi connectivity index (χ1v) is 10.3. The number of aromatic nitrogens is 3. The normalized spacial score (nSPS) is 16.2. The van der Waals surface area contributed by atoms with Crippen LogP contribution in [-0.2, 0) is 0 Å². The van der Waals surface area contributed by atoms with Crippen molar-refractivity contribution < 1.29 is 18.0 Å². The number of amides is 1. The molecule has 162 valence electrons. The quantitative estimate of drug-likeness (QED) is 0.428. The van der Waals surface area contributed by atoms with Crippen molar-refractivity contribution in [3.8, 4) is 11.3 Å². The van der Waals surface area contributed by atoms with Gasteiger partial charge < -0.3 is 4.90 Å². The third-order valence-corrected chi connectivity index (χ3v) is 5.77. The Morgan fingerprint density at radius 3 is 2.62 bits per heavy atom. The van der Waals surface area contributed by atoms with E-state index in [0.29, 0.717) is 29.8 Å². The minimum absolute atomic E-state index is 0.0801. The number of hydrogen-bond donors (Lipinski definition) is 0. The average Bonchev–Trinajstić information content (AvgIpc) is 3.46. The van der Waals surface area contributed by atoms with E-state index in [-0.39, 0.29) is 34.7 Å². The lowest BCUT2D eigenvalue weighted by atomic mass is 10.0. The van der Waals surface area contributed by atoms with Crippen molar-refractivity contribution in [1.29, 1.82) is 0 Å². The summed E-state index contributed by atoms with van der Waals surface area (Å²) in [7, 11) is 0. The summed E-state index contributed by atoms with van der Waals surface area (Å²) in [5, 5.41) is 4.05. The fourth-order valence-electron chi connectivity index (χ4n) is 4.27. The first-order valence-electron chi connectivity index (χ1n) is 10.3. The van der Waals surface area contributed by atoms with Gasteiger partial charge in [-0.2, -0.15) is 5.10 Å². The molecule has 1 fully saturated rings. The van der Waals surface area contributed by atoms with Crippen molar-refractivity contribution in [2.75, 3.05) is 6.54 Å². The zero-order valence-electron chi connectivity index (χ0n) is 17.0. The summed E-state index contributed by atoms with van der Waals surface area (Å²) < 4.78 is 42.4. The predicted molar refractivity (Wildman–Crippen MR) is 113 cm³/mol. The van der Waals surface area contributed by atoms with Gasteiger partial charge >= 0.3 is 0 Å². The minimum atomic E-state index is -2.79. The topological polar surface area (TPSA) is 50.5 Å². The van der Waals surface area contributed by atoms with Crippen LogP contribution in [0.4, 0.5) is 13.2 Å². The molecule has 5 rings (SSSR count). The molecule has 0 N–H and O–H groups in total. The highest BCUT2D eigenvalue weighted by atomic mass is 19.3. The third-order valence-electron chi connectivity index (χ3n) is 5.77. The van der Waals surface area contributed by atoms with Crippen LogP contribution in [-0.4, -0.2) is 31.9 Å². The molecule has 3 heterocycles. The molecular formula is C24H19F3N4O. The molecule has 8 heteroatoms. The third kappa shape index (κ3) is 3.51. The van der Waals surface area contributed by atoms with Gasteiger partial charge in [0.25, 0.3) is 12.3 Å². The highest BCUT2D eigenvalue weighted by Crippen LogP contribution is 2.34. The summed E-state index contributed by atoms with van der Waals surface area (Å²) in [5.74, 6) is -0.724. The van der Waals surface area contributed by atoms with Crippen molar-refractivity contribution in [3.05, 3.63) is 89.5 Å². The molecule has 1 amide bonds. The van der Waals surface area contributed by atoms with Gasteiger partial charge in [0.15, 0.2) is 5.65 Å². The minimum Gasteiger partial charge on any atom is -0.331 e. The van der Waals surface area contributed by atoms with Crippen LogP contribution in [0.2, 0.25) is 0 Å². The standard InChI is InChI=1S/C24H19F3N4O/c25-17-9-4-8-16(12-17)20-10-5-11-30(20)24(32)18-14-28-31-21(22(26)27)13-19(29-23(18)31)15-6-2-1-3-7-15/h1-4,6-9,12-14,20,22H,5,10-11H2/t20-/m1/s1. The van der Waals surface area contributed by atoms with Crippen LogP contribution in [0.15, 0.2) is 66.9 Å². The van der Waals surface area contributed by atoms with Gasteiger partial charge in [-0.1, -0.05) is 42.5 Å². The largest absolute Gasteiger partial charge is 0.331 e. The molecular weight excluding hydrogens is 417 g/mol. The molecule has 5 nitrogen and oxygen atoms in total. The Kier molecular flexibility index (Phi) is 5.13. The van der Waals surface area contributed by atoms with Gasteiger partial charge in [-0.25, -0.2) is 22.7 Å². The number of rotatable bonds is 4. The van der Waals surface area contributed by atoms with E-state index in [1.54, 1.807) is 41.3 Å². The van der Waals surface area contributed by atoms with Crippen molar-refractivity contribution in [2.24, 2.45) is 0 Å². The number of nitrogens with zero attached hydrogens (tertiary/aromatic N) is 4. The number of carbonyl (C=O) groups excluding carboxylic acids is 1. The Morgan fingerprint density at radius 2 is 1.88 bits per heavy atom. The van der Waals surface area contributed by atoms with E-state index in [0.717, 1.165) is 10.9 Å². The van der Waals surface area contributed by atoms with Crippen molar-refractivity contribution in [1.82, 2.24) is 19.5 Å². The maximum absolute atomic E-state index is 13.8. The highest BCUT2D eigenvalue weighted by molar-refractivity contribution is 6.00. The van der Waals surface area contributed by atoms with E-state index in [4.69, 9.17) is 0 Å². The van der Waals surface area contributed by atoms with Crippen LogP contribution >= 0.6 is 0 Å². The lowest BCUT2D eigenvalue weighted by Crippen LogP contribution is -2.30. The highest BCUT2D eigenvalue weighted by Gasteiger charge is 2.33. The fraction of sp³-hybridized carbons (Fsp3) is 0.208. The average molecular weight is 436 g/mol. The van der Waals surface area contributed by atoms with Gasteiger partial charge in [-0.3, -0.25) is 4.79 Å². The van der Waals surface area contributed by atoms with Crippen molar-refractivity contribution in [2.45, 2.75) is 25.3 Å². The number of fused-ring (bicyclic) bond motifs is 1. The van der Waals surface area contributed by atoms with E-state index >= 15 is 0 Å². The number of hydrogen-bond acceptors (Lipinski definition) is 3. The Hall–Kier alpha value is -3.68. The molecule has 0 spiro atoms. The van der Waals surface area contributed by atoms with Crippen molar-refractivity contribution in [3.63, 3.8) is 0 Å². The molecule has 0 radical (unpaired) electrons. The Bertz CT molecular complexity index is 1290. The summed E-state index contributed by atoms with van der Waals surface area (Å²) in [6.07, 6.45) is -0.0550. The zero-order chi connectivity index (χ0) is 22.2. The zero-order valence-corrected chi connectivity index (χ0v) is 17.0. The van der Waals surface area contributed by atoms with Crippen LogP contribution in [0.5, 0.6) is 0 Å². The molecule has 0 saturated carbocycles. The van der Waals surface area contributed by atoms with Crippen LogP contribution in [0.3, 0.4) is 0 Å². The molecule has 2 aromatic carbocycles. The SMILES string of the molecule is O=C(c1cnn2c(C(F)F)cc(-c3ccccc3)nc12)N1CCC[C@@H]1c1cccc(F)c1. The first kappa shape index (κ1) is 20.2. The summed E-state index contributed by atoms with van der Waals surface area (Å²) >= 11 is 0. The Balaban J connectivity index is 1.59. The van der Waals surface area contributed by atoms with E-state index in [9.17, 15) is 18.0 Å². The van der Waals surface area contributed by atoms with E-state index in [1.807, 2.05) is 6.07 Å². The second-order valence-corrected chi connectivity index (χ2v) is 7.74. The van der Waals surface area contributed by atoms with Crippen LogP contribution in [0.25, 0.3) is 16.9 Å². The van der Waals surface area contributed by atoms with Crippen molar-refractivity contribution >= 4 is 11.6 Å². The molecule has 1 atom stereocenters. The fourth-order valence-corrected chi connectivity index (χ4v) is 4.27. The van der Waals surface area contributed by atoms with Gasteiger partial charge in [0.05, 0.1) is 17.9 Å². The smallest absolute Gasteiger partial charge is 0.280 e. The summed E-state index contributed by atoms with van der Waals surface area (Å²) in [6, 6.07) is 16.1. The number of benzene rings is 2. The monoisotopic (exact) mass is 436 g/mol. The molecule has 2 aromatic heterocycles. The molecule has 32 heavy (non-hydrogen) atoms. The lowest BCUT2D eigenvalue weighted by Gasteiger charge is -2.24. The molecule has 4 aromatic rings. The number of halogens is 3. The van der Waals surface area contributed by atoms with Gasteiger partial charge in [0, 0.05) is 12.1 Å². The Morgan fingerprint density at radius 1 is 1.06 bits per heavy atom. The number of carbonyl (C=O) groups is 1. The molecule has 0 aliphatic carbocycles. The summed E-state index contributed by atoms with van der Waals surface area (Å²) in [5.41, 5.74) is 1.60. The predicted octanol–water partition coefficient (Wildman–Crippen LogP) is 5.45. The Labute approximate surface area is 182 Å². The molecule has 1 saturated heterocycles. The van der Waals surface area contributed by atoms with Crippen LogP contribution in [0.1, 0.15) is 46.9 Å². The second kappa shape index (κ2) is 8.11. The lowest BCUT2D eigenvalue weighted by molar-refractivity contribution is 0.0737. The summed E-state index contributed by atoms with van der Waals surface area (Å²) in [6.45, 7) is 0.484. The molecule has 1 aliphatic heterocycles. The van der Waals surface area contributed by atoms with E-state index < -0.39 is 6.43 Å². The van der Waals surface area contributed by atoms with Gasteiger partial charge in [0.1, 0.15) is 17.1 Å². The maximum Gasteiger partial charge on any atom is 0.280 e. The number of likely N-dealkylation sites (tertiary alicyclic amines) is 1. The van der Waals surface area contributed by atoms with Gasteiger partial charge in [-0.15, -0.1) is 0 Å². The number of alkyl halides is 2. The van der Waals surface area contributed by atoms with Crippen LogP contribution < -0.4 is 0 Å². The second-order valence-electron chi connectivity index (χ2n) is 7.74. The maximum atomic E-state index is 13.8. The summed E-state index contributed by atoms with van der Waals surface area (Å²) in [4.78, 5) is 19.6. The van der Waals surface area contributed by atoms with Gasteiger partial charge in [0.2, 0.25) is 0 Å². The first-order chi connectivity index (χ1) is 15.5. The molecule has 0 bridgehead atoms. The molecule has 0 unspecified atom stereocenters. The van der Waals surface area contributed by atoms with Gasteiger partial charge in [-0.05, 0) is 36.6 Å².